The van der Waals surface area contributed by atoms with Gasteiger partial charge in [-0.3, -0.25) is 9.59 Å². The molecule has 0 aliphatic carbocycles. The number of Topliss-reactive ketones (excluding diaryl/α,β-unsaturated/α-hetero) is 1. The van der Waals surface area contributed by atoms with Crippen LogP contribution < -0.4 is 14.2 Å². The predicted octanol–water partition coefficient (Wildman–Crippen LogP) is 5.74. The van der Waals surface area contributed by atoms with Crippen molar-refractivity contribution in [3.05, 3.63) is 58.7 Å². The van der Waals surface area contributed by atoms with Gasteiger partial charge in [0.25, 0.3) is 11.7 Å². The quantitative estimate of drug-likeness (QED) is 0.135. The SMILES string of the molecule is CCCCCOc1ccc(C2/C(=C(/O)c3ccc4c(c3)CC(C)O4)C(=O)C(=O)N2CCCN(CC)CC)cc1OC. The highest BCUT2D eigenvalue weighted by molar-refractivity contribution is 6.46. The highest BCUT2D eigenvalue weighted by Crippen LogP contribution is 2.43. The molecule has 2 atom stereocenters. The van der Waals surface area contributed by atoms with E-state index >= 15 is 0 Å². The predicted molar refractivity (Wildman–Crippen MR) is 160 cm³/mol. The zero-order chi connectivity index (χ0) is 29.5. The van der Waals surface area contributed by atoms with E-state index < -0.39 is 17.7 Å². The van der Waals surface area contributed by atoms with Crippen molar-refractivity contribution in [2.45, 2.75) is 71.9 Å². The number of fused-ring (bicyclic) bond motifs is 1. The van der Waals surface area contributed by atoms with Crippen LogP contribution in [0.3, 0.4) is 0 Å². The molecule has 1 saturated heterocycles. The summed E-state index contributed by atoms with van der Waals surface area (Å²) in [5.41, 5.74) is 2.24. The van der Waals surface area contributed by atoms with Crippen molar-refractivity contribution < 1.29 is 28.9 Å². The Balaban J connectivity index is 1.73. The number of hydrogen-bond acceptors (Lipinski definition) is 7. The number of ketones is 1. The Morgan fingerprint density at radius 2 is 1.83 bits per heavy atom. The summed E-state index contributed by atoms with van der Waals surface area (Å²) in [5, 5.41) is 11.6. The highest BCUT2D eigenvalue weighted by Gasteiger charge is 2.46. The number of benzene rings is 2. The Kier molecular flexibility index (Phi) is 10.3. The van der Waals surface area contributed by atoms with Crippen LogP contribution in [-0.2, 0) is 16.0 Å². The molecule has 8 heteroatoms. The number of carbonyl (C=O) groups excluding carboxylic acids is 2. The zero-order valence-corrected chi connectivity index (χ0v) is 25.1. The first-order valence-corrected chi connectivity index (χ1v) is 14.9. The second-order valence-electron chi connectivity index (χ2n) is 10.8. The van der Waals surface area contributed by atoms with Gasteiger partial charge in [-0.05, 0) is 80.9 Å². The maximum atomic E-state index is 13.5. The molecule has 1 amide bonds. The highest BCUT2D eigenvalue weighted by atomic mass is 16.5. The van der Waals surface area contributed by atoms with Crippen molar-refractivity contribution in [2.75, 3.05) is 39.9 Å². The van der Waals surface area contributed by atoms with Crippen molar-refractivity contribution in [1.82, 2.24) is 9.80 Å². The van der Waals surface area contributed by atoms with Gasteiger partial charge in [-0.1, -0.05) is 39.7 Å². The molecule has 0 saturated carbocycles. The summed E-state index contributed by atoms with van der Waals surface area (Å²) >= 11 is 0. The third-order valence-electron chi connectivity index (χ3n) is 7.99. The third-order valence-corrected chi connectivity index (χ3v) is 7.99. The molecule has 2 aliphatic rings. The molecule has 222 valence electrons. The van der Waals surface area contributed by atoms with Crippen molar-refractivity contribution in [3.63, 3.8) is 0 Å². The van der Waals surface area contributed by atoms with Crippen molar-refractivity contribution in [2.24, 2.45) is 0 Å². The summed E-state index contributed by atoms with van der Waals surface area (Å²) < 4.78 is 17.5. The zero-order valence-electron chi connectivity index (χ0n) is 25.1. The lowest BCUT2D eigenvalue weighted by Crippen LogP contribution is -2.33. The Morgan fingerprint density at radius 1 is 1.05 bits per heavy atom. The van der Waals surface area contributed by atoms with E-state index in [2.05, 4.69) is 25.7 Å². The van der Waals surface area contributed by atoms with Crippen LogP contribution in [0, 0.1) is 0 Å². The average Bonchev–Trinajstić information content (AvgIpc) is 3.48. The van der Waals surface area contributed by atoms with Gasteiger partial charge in [0.1, 0.15) is 17.6 Å². The standard InChI is InChI=1S/C33H44N2O6/c1-6-9-10-18-40-27-15-12-23(21-28(27)39-5)30-29(31(36)24-13-14-26-25(20-24)19-22(4)41-26)32(37)33(38)35(30)17-11-16-34(7-2)8-3/h12-15,20-22,30,36H,6-11,16-19H2,1-5H3/b31-29-. The van der Waals surface area contributed by atoms with Crippen LogP contribution >= 0.6 is 0 Å². The monoisotopic (exact) mass is 564 g/mol. The largest absolute Gasteiger partial charge is 0.507 e. The Morgan fingerprint density at radius 3 is 2.54 bits per heavy atom. The lowest BCUT2D eigenvalue weighted by atomic mass is 9.94. The Labute approximate surface area is 243 Å². The number of rotatable bonds is 14. The van der Waals surface area contributed by atoms with Gasteiger partial charge in [0.15, 0.2) is 11.5 Å². The van der Waals surface area contributed by atoms with E-state index in [0.29, 0.717) is 42.2 Å². The Bertz CT molecular complexity index is 1270. The van der Waals surface area contributed by atoms with Gasteiger partial charge in [0.2, 0.25) is 0 Å². The number of hydrogen-bond donors (Lipinski definition) is 1. The van der Waals surface area contributed by atoms with Gasteiger partial charge in [0.05, 0.1) is 25.3 Å². The topological polar surface area (TPSA) is 88.5 Å². The molecule has 8 nitrogen and oxygen atoms in total. The molecule has 1 fully saturated rings. The second-order valence-corrected chi connectivity index (χ2v) is 10.8. The van der Waals surface area contributed by atoms with E-state index in [9.17, 15) is 14.7 Å². The van der Waals surface area contributed by atoms with E-state index in [-0.39, 0.29) is 17.4 Å². The third kappa shape index (κ3) is 6.70. The van der Waals surface area contributed by atoms with Crippen LogP contribution in [-0.4, -0.2) is 72.6 Å². The minimum atomic E-state index is -0.752. The van der Waals surface area contributed by atoms with E-state index in [0.717, 1.165) is 56.6 Å². The first kappa shape index (κ1) is 30.4. The number of unbranched alkanes of at least 4 members (excludes halogenated alkanes) is 2. The molecule has 2 heterocycles. The second kappa shape index (κ2) is 13.9. The number of likely N-dealkylation sites (tertiary alicyclic amines) is 1. The first-order chi connectivity index (χ1) is 19.8. The maximum absolute atomic E-state index is 13.5. The van der Waals surface area contributed by atoms with Gasteiger partial charge in [0, 0.05) is 18.5 Å². The molecule has 2 aliphatic heterocycles. The van der Waals surface area contributed by atoms with Crippen LogP contribution in [0.5, 0.6) is 17.2 Å². The van der Waals surface area contributed by atoms with Gasteiger partial charge in [-0.15, -0.1) is 0 Å². The van der Waals surface area contributed by atoms with Gasteiger partial charge < -0.3 is 29.1 Å². The molecular formula is C33H44N2O6. The normalized spacial score (nSPS) is 19.5. The van der Waals surface area contributed by atoms with E-state index in [4.69, 9.17) is 14.2 Å². The first-order valence-electron chi connectivity index (χ1n) is 14.9. The number of carbonyl (C=O) groups is 2. The fourth-order valence-electron chi connectivity index (χ4n) is 5.69. The van der Waals surface area contributed by atoms with E-state index in [1.54, 1.807) is 18.1 Å². The molecule has 0 spiro atoms. The van der Waals surface area contributed by atoms with Crippen LogP contribution in [0.2, 0.25) is 0 Å². The Hall–Kier alpha value is -3.52. The van der Waals surface area contributed by atoms with E-state index in [1.165, 1.54) is 0 Å². The molecule has 0 radical (unpaired) electrons. The molecule has 2 aromatic rings. The molecule has 2 unspecified atom stereocenters. The van der Waals surface area contributed by atoms with Crippen molar-refractivity contribution >= 4 is 17.4 Å². The number of amides is 1. The number of aliphatic hydroxyl groups is 1. The fraction of sp³-hybridized carbons (Fsp3) is 0.515. The number of nitrogens with zero attached hydrogens (tertiary/aromatic N) is 2. The summed E-state index contributed by atoms with van der Waals surface area (Å²) in [7, 11) is 1.58. The summed E-state index contributed by atoms with van der Waals surface area (Å²) in [6.45, 7) is 11.9. The minimum Gasteiger partial charge on any atom is -0.507 e. The van der Waals surface area contributed by atoms with Gasteiger partial charge >= 0.3 is 0 Å². The summed E-state index contributed by atoms with van der Waals surface area (Å²) in [4.78, 5) is 30.9. The molecule has 41 heavy (non-hydrogen) atoms. The smallest absolute Gasteiger partial charge is 0.295 e. The average molecular weight is 565 g/mol. The van der Waals surface area contributed by atoms with Crippen LogP contribution in [0.25, 0.3) is 5.76 Å². The molecule has 0 bridgehead atoms. The lowest BCUT2D eigenvalue weighted by Gasteiger charge is -2.27. The minimum absolute atomic E-state index is 0.0500. The van der Waals surface area contributed by atoms with Crippen molar-refractivity contribution in [1.29, 1.82) is 0 Å². The molecule has 0 aromatic heterocycles. The fourth-order valence-corrected chi connectivity index (χ4v) is 5.69. The van der Waals surface area contributed by atoms with Crippen LogP contribution in [0.15, 0.2) is 42.0 Å². The molecule has 4 rings (SSSR count). The number of aliphatic hydroxyl groups excluding tert-OH is 1. The van der Waals surface area contributed by atoms with Crippen molar-refractivity contribution in [3.8, 4) is 17.2 Å². The summed E-state index contributed by atoms with van der Waals surface area (Å²) in [6.07, 6.45) is 4.59. The van der Waals surface area contributed by atoms with Gasteiger partial charge in [-0.2, -0.15) is 0 Å². The number of ether oxygens (including phenoxy) is 3. The maximum Gasteiger partial charge on any atom is 0.295 e. The molecular weight excluding hydrogens is 520 g/mol. The number of methoxy groups -OCH3 is 1. The van der Waals surface area contributed by atoms with Crippen LogP contribution in [0.1, 0.15) is 76.1 Å². The summed E-state index contributed by atoms with van der Waals surface area (Å²) in [5.74, 6) is 0.449. The lowest BCUT2D eigenvalue weighted by molar-refractivity contribution is -0.140. The van der Waals surface area contributed by atoms with E-state index in [1.807, 2.05) is 37.3 Å². The van der Waals surface area contributed by atoms with Gasteiger partial charge in [-0.25, -0.2) is 0 Å². The molecule has 2 aromatic carbocycles. The summed E-state index contributed by atoms with van der Waals surface area (Å²) in [6, 6.07) is 10.2. The molecule has 1 N–H and O–H groups in total. The van der Waals surface area contributed by atoms with Crippen LogP contribution in [0.4, 0.5) is 0 Å².